The van der Waals surface area contributed by atoms with Gasteiger partial charge in [0.2, 0.25) is 0 Å². The average molecular weight is 234 g/mol. The van der Waals surface area contributed by atoms with Crippen LogP contribution in [0.2, 0.25) is 0 Å². The third kappa shape index (κ3) is 4.17. The molecule has 1 aromatic heterocycles. The molecule has 3 heteroatoms. The normalized spacial score (nSPS) is 10.3. The van der Waals surface area contributed by atoms with E-state index in [1.165, 1.54) is 5.57 Å². The average Bonchev–Trinajstić information content (AvgIpc) is 2.74. The summed E-state index contributed by atoms with van der Waals surface area (Å²) in [6.45, 7) is 7.22. The second kappa shape index (κ2) is 7.05. The summed E-state index contributed by atoms with van der Waals surface area (Å²) < 4.78 is 2.06. The highest BCUT2D eigenvalue weighted by atomic mass is 16.1. The van der Waals surface area contributed by atoms with Crippen molar-refractivity contribution in [3.05, 3.63) is 29.9 Å². The number of hydrogen-bond donors (Lipinski definition) is 0. The number of nitrogens with zero attached hydrogens (tertiary/aromatic N) is 2. The number of rotatable bonds is 7. The Labute approximate surface area is 104 Å². The lowest BCUT2D eigenvalue weighted by Crippen LogP contribution is -2.08. The van der Waals surface area contributed by atoms with Crippen LogP contribution in [0.25, 0.3) is 0 Å². The van der Waals surface area contributed by atoms with Crippen molar-refractivity contribution in [3.8, 4) is 0 Å². The fourth-order valence-electron chi connectivity index (χ4n) is 1.84. The van der Waals surface area contributed by atoms with Gasteiger partial charge in [-0.2, -0.15) is 0 Å². The maximum atomic E-state index is 11.9. The number of allylic oxidation sites excluding steroid dienone is 2. The molecule has 0 radical (unpaired) electrons. The second-order valence-corrected chi connectivity index (χ2v) is 4.19. The fourth-order valence-corrected chi connectivity index (χ4v) is 1.84. The molecule has 0 aliphatic heterocycles. The molecule has 0 N–H and O–H groups in total. The molecule has 3 nitrogen and oxygen atoms in total. The molecule has 0 atom stereocenters. The molecule has 1 heterocycles. The SMILES string of the molecule is CCCn1ccnc1CC(=O)C=C(CC)CC. The van der Waals surface area contributed by atoms with Gasteiger partial charge in [-0.15, -0.1) is 0 Å². The Balaban J connectivity index is 2.67. The minimum atomic E-state index is 0.159. The molecule has 0 bridgehead atoms. The van der Waals surface area contributed by atoms with Crippen molar-refractivity contribution in [2.75, 3.05) is 0 Å². The molecular weight excluding hydrogens is 212 g/mol. The van der Waals surface area contributed by atoms with Gasteiger partial charge in [-0.25, -0.2) is 4.98 Å². The predicted molar refractivity (Wildman–Crippen MR) is 69.9 cm³/mol. The first-order valence-electron chi connectivity index (χ1n) is 6.43. The first kappa shape index (κ1) is 13.7. The Morgan fingerprint density at radius 3 is 2.65 bits per heavy atom. The molecule has 94 valence electrons. The Morgan fingerprint density at radius 2 is 2.06 bits per heavy atom. The Morgan fingerprint density at radius 1 is 1.35 bits per heavy atom. The first-order chi connectivity index (χ1) is 8.21. The number of aryl methyl sites for hydroxylation is 1. The topological polar surface area (TPSA) is 34.9 Å². The lowest BCUT2D eigenvalue weighted by atomic mass is 10.1. The molecule has 1 aromatic rings. The van der Waals surface area contributed by atoms with Crippen LogP contribution < -0.4 is 0 Å². The first-order valence-corrected chi connectivity index (χ1v) is 6.43. The zero-order valence-corrected chi connectivity index (χ0v) is 11.1. The highest BCUT2D eigenvalue weighted by Crippen LogP contribution is 2.07. The van der Waals surface area contributed by atoms with Crippen molar-refractivity contribution in [1.29, 1.82) is 0 Å². The predicted octanol–water partition coefficient (Wildman–Crippen LogP) is 3.15. The van der Waals surface area contributed by atoms with Crippen LogP contribution in [-0.2, 0) is 17.8 Å². The summed E-state index contributed by atoms with van der Waals surface area (Å²) in [6.07, 6.45) is 8.86. The van der Waals surface area contributed by atoms with E-state index >= 15 is 0 Å². The highest BCUT2D eigenvalue weighted by molar-refractivity contribution is 5.91. The zero-order chi connectivity index (χ0) is 12.7. The van der Waals surface area contributed by atoms with Crippen molar-refractivity contribution in [3.63, 3.8) is 0 Å². The molecule has 17 heavy (non-hydrogen) atoms. The Kier molecular flexibility index (Phi) is 5.67. The third-order valence-electron chi connectivity index (χ3n) is 2.87. The Bertz CT molecular complexity index is 385. The summed E-state index contributed by atoms with van der Waals surface area (Å²) in [5, 5.41) is 0. The van der Waals surface area contributed by atoms with E-state index in [1.807, 2.05) is 6.20 Å². The number of carbonyl (C=O) groups is 1. The number of imidazole rings is 1. The van der Waals surface area contributed by atoms with E-state index in [0.717, 1.165) is 31.6 Å². The maximum absolute atomic E-state index is 11.9. The molecule has 1 rings (SSSR count). The van der Waals surface area contributed by atoms with E-state index in [9.17, 15) is 4.79 Å². The zero-order valence-electron chi connectivity index (χ0n) is 11.1. The number of aromatic nitrogens is 2. The number of ketones is 1. The standard InChI is InChI=1S/C14H22N2O/c1-4-8-16-9-7-15-14(16)11-13(17)10-12(5-2)6-3/h7,9-10H,4-6,8,11H2,1-3H3. The molecule has 0 fully saturated rings. The summed E-state index contributed by atoms with van der Waals surface area (Å²) in [4.78, 5) is 16.1. The van der Waals surface area contributed by atoms with Crippen LogP contribution in [0.15, 0.2) is 24.0 Å². The Hall–Kier alpha value is -1.38. The molecular formula is C14H22N2O. The van der Waals surface area contributed by atoms with E-state index in [1.54, 1.807) is 12.3 Å². The van der Waals surface area contributed by atoms with Gasteiger partial charge >= 0.3 is 0 Å². The van der Waals surface area contributed by atoms with Gasteiger partial charge in [0.25, 0.3) is 0 Å². The molecule has 0 spiro atoms. The highest BCUT2D eigenvalue weighted by Gasteiger charge is 2.07. The van der Waals surface area contributed by atoms with E-state index in [-0.39, 0.29) is 5.78 Å². The minimum Gasteiger partial charge on any atom is -0.335 e. The second-order valence-electron chi connectivity index (χ2n) is 4.19. The van der Waals surface area contributed by atoms with Crippen molar-refractivity contribution in [2.24, 2.45) is 0 Å². The number of hydrogen-bond acceptors (Lipinski definition) is 2. The lowest BCUT2D eigenvalue weighted by Gasteiger charge is -2.05. The van der Waals surface area contributed by atoms with Crippen LogP contribution >= 0.6 is 0 Å². The van der Waals surface area contributed by atoms with Gasteiger partial charge in [-0.05, 0) is 25.3 Å². The van der Waals surface area contributed by atoms with Gasteiger partial charge in [-0.3, -0.25) is 4.79 Å². The van der Waals surface area contributed by atoms with Crippen molar-refractivity contribution in [1.82, 2.24) is 9.55 Å². The fraction of sp³-hybridized carbons (Fsp3) is 0.571. The van der Waals surface area contributed by atoms with E-state index in [2.05, 4.69) is 30.3 Å². The maximum Gasteiger partial charge on any atom is 0.163 e. The van der Waals surface area contributed by atoms with Crippen LogP contribution in [0.1, 0.15) is 45.9 Å². The minimum absolute atomic E-state index is 0.159. The molecule has 0 saturated carbocycles. The quantitative estimate of drug-likeness (QED) is 0.679. The lowest BCUT2D eigenvalue weighted by molar-refractivity contribution is -0.114. The van der Waals surface area contributed by atoms with Gasteiger partial charge in [0, 0.05) is 18.9 Å². The van der Waals surface area contributed by atoms with Crippen LogP contribution in [0, 0.1) is 0 Å². The van der Waals surface area contributed by atoms with Gasteiger partial charge in [0.05, 0.1) is 6.42 Å². The molecule has 0 unspecified atom stereocenters. The summed E-state index contributed by atoms with van der Waals surface area (Å²) in [5.74, 6) is 1.03. The molecule has 0 aliphatic rings. The van der Waals surface area contributed by atoms with E-state index < -0.39 is 0 Å². The number of carbonyl (C=O) groups excluding carboxylic acids is 1. The summed E-state index contributed by atoms with van der Waals surface area (Å²) >= 11 is 0. The molecule has 0 saturated heterocycles. The summed E-state index contributed by atoms with van der Waals surface area (Å²) in [5.41, 5.74) is 1.21. The summed E-state index contributed by atoms with van der Waals surface area (Å²) in [6, 6.07) is 0. The molecule has 0 amide bonds. The summed E-state index contributed by atoms with van der Waals surface area (Å²) in [7, 11) is 0. The van der Waals surface area contributed by atoms with E-state index in [0.29, 0.717) is 6.42 Å². The monoisotopic (exact) mass is 234 g/mol. The van der Waals surface area contributed by atoms with Crippen molar-refractivity contribution < 1.29 is 4.79 Å². The van der Waals surface area contributed by atoms with Gasteiger partial charge < -0.3 is 4.57 Å². The third-order valence-corrected chi connectivity index (χ3v) is 2.87. The van der Waals surface area contributed by atoms with E-state index in [4.69, 9.17) is 0 Å². The van der Waals surface area contributed by atoms with Gasteiger partial charge in [-0.1, -0.05) is 26.3 Å². The van der Waals surface area contributed by atoms with Crippen LogP contribution in [0.3, 0.4) is 0 Å². The van der Waals surface area contributed by atoms with Crippen molar-refractivity contribution >= 4 is 5.78 Å². The smallest absolute Gasteiger partial charge is 0.163 e. The molecule has 0 aliphatic carbocycles. The van der Waals surface area contributed by atoms with Gasteiger partial charge in [0.1, 0.15) is 5.82 Å². The van der Waals surface area contributed by atoms with Crippen LogP contribution in [-0.4, -0.2) is 15.3 Å². The van der Waals surface area contributed by atoms with Crippen molar-refractivity contribution in [2.45, 2.75) is 53.0 Å². The largest absolute Gasteiger partial charge is 0.335 e. The van der Waals surface area contributed by atoms with Gasteiger partial charge in [0.15, 0.2) is 5.78 Å². The van der Waals surface area contributed by atoms with Crippen LogP contribution in [0.5, 0.6) is 0 Å². The van der Waals surface area contributed by atoms with Crippen LogP contribution in [0.4, 0.5) is 0 Å². The molecule has 0 aromatic carbocycles.